The SMILES string of the molecule is Cc1ccccc1[C@@H](C)NC(=O)c1ccc(Cn2ccnc2C)cc1. The first-order valence-electron chi connectivity index (χ1n) is 8.47. The number of aromatic nitrogens is 2. The van der Waals surface area contributed by atoms with Crippen LogP contribution in [0, 0.1) is 13.8 Å². The zero-order valence-electron chi connectivity index (χ0n) is 14.9. The van der Waals surface area contributed by atoms with E-state index >= 15 is 0 Å². The number of hydrogen-bond acceptors (Lipinski definition) is 2. The Balaban J connectivity index is 1.66. The van der Waals surface area contributed by atoms with Crippen LogP contribution in [0.4, 0.5) is 0 Å². The fourth-order valence-electron chi connectivity index (χ4n) is 2.96. The average molecular weight is 333 g/mol. The summed E-state index contributed by atoms with van der Waals surface area (Å²) < 4.78 is 2.08. The summed E-state index contributed by atoms with van der Waals surface area (Å²) in [6, 6.07) is 15.8. The van der Waals surface area contributed by atoms with Crippen LogP contribution in [0.2, 0.25) is 0 Å². The van der Waals surface area contributed by atoms with E-state index in [1.165, 1.54) is 5.56 Å². The van der Waals surface area contributed by atoms with Gasteiger partial charge in [0.25, 0.3) is 5.91 Å². The molecule has 25 heavy (non-hydrogen) atoms. The molecule has 2 aromatic carbocycles. The molecular formula is C21H23N3O. The Morgan fingerprint density at radius 2 is 1.84 bits per heavy atom. The normalized spacial score (nSPS) is 12.0. The Kier molecular flexibility index (Phi) is 4.98. The van der Waals surface area contributed by atoms with Crippen LogP contribution in [0.15, 0.2) is 60.9 Å². The van der Waals surface area contributed by atoms with Crippen molar-refractivity contribution in [3.05, 3.63) is 89.0 Å². The number of rotatable bonds is 5. The molecule has 3 rings (SSSR count). The first-order valence-corrected chi connectivity index (χ1v) is 8.47. The van der Waals surface area contributed by atoms with Crippen molar-refractivity contribution in [2.75, 3.05) is 0 Å². The summed E-state index contributed by atoms with van der Waals surface area (Å²) in [6.07, 6.45) is 3.75. The lowest BCUT2D eigenvalue weighted by Crippen LogP contribution is -2.27. The van der Waals surface area contributed by atoms with E-state index in [2.05, 4.69) is 33.9 Å². The largest absolute Gasteiger partial charge is 0.346 e. The van der Waals surface area contributed by atoms with E-state index in [1.807, 2.05) is 56.4 Å². The minimum atomic E-state index is -0.0545. The molecule has 1 N–H and O–H groups in total. The molecule has 1 aromatic heterocycles. The highest BCUT2D eigenvalue weighted by Crippen LogP contribution is 2.17. The molecule has 1 atom stereocenters. The number of hydrogen-bond donors (Lipinski definition) is 1. The van der Waals surface area contributed by atoms with Gasteiger partial charge in [-0.15, -0.1) is 0 Å². The van der Waals surface area contributed by atoms with Crippen LogP contribution in [-0.2, 0) is 6.54 Å². The highest BCUT2D eigenvalue weighted by Gasteiger charge is 2.13. The third kappa shape index (κ3) is 3.97. The highest BCUT2D eigenvalue weighted by atomic mass is 16.1. The Bertz CT molecular complexity index is 865. The summed E-state index contributed by atoms with van der Waals surface area (Å²) >= 11 is 0. The smallest absolute Gasteiger partial charge is 0.251 e. The fraction of sp³-hybridized carbons (Fsp3) is 0.238. The van der Waals surface area contributed by atoms with E-state index in [1.54, 1.807) is 6.20 Å². The molecule has 0 spiro atoms. The van der Waals surface area contributed by atoms with Crippen molar-refractivity contribution in [2.45, 2.75) is 33.4 Å². The van der Waals surface area contributed by atoms with Crippen LogP contribution in [0.5, 0.6) is 0 Å². The third-order valence-electron chi connectivity index (χ3n) is 4.50. The quantitative estimate of drug-likeness (QED) is 0.766. The maximum atomic E-state index is 12.5. The number of benzene rings is 2. The Hall–Kier alpha value is -2.88. The van der Waals surface area contributed by atoms with Crippen LogP contribution < -0.4 is 5.32 Å². The van der Waals surface area contributed by atoms with E-state index < -0.39 is 0 Å². The number of carbonyl (C=O) groups excluding carboxylic acids is 1. The Morgan fingerprint density at radius 1 is 1.12 bits per heavy atom. The van der Waals surface area contributed by atoms with Gasteiger partial charge in [-0.25, -0.2) is 4.98 Å². The molecule has 0 saturated carbocycles. The van der Waals surface area contributed by atoms with Gasteiger partial charge < -0.3 is 9.88 Å². The molecule has 0 aliphatic carbocycles. The molecule has 3 aromatic rings. The molecule has 0 aliphatic heterocycles. The minimum Gasteiger partial charge on any atom is -0.346 e. The van der Waals surface area contributed by atoms with E-state index in [4.69, 9.17) is 0 Å². The van der Waals surface area contributed by atoms with Gasteiger partial charge in [0, 0.05) is 24.5 Å². The number of amides is 1. The van der Waals surface area contributed by atoms with Gasteiger partial charge >= 0.3 is 0 Å². The van der Waals surface area contributed by atoms with Gasteiger partial charge in [-0.05, 0) is 49.6 Å². The van der Waals surface area contributed by atoms with Gasteiger partial charge in [0.05, 0.1) is 6.04 Å². The Labute approximate surface area is 148 Å². The number of nitrogens with one attached hydrogen (secondary N) is 1. The van der Waals surface area contributed by atoms with Crippen molar-refractivity contribution in [1.82, 2.24) is 14.9 Å². The highest BCUT2D eigenvalue weighted by molar-refractivity contribution is 5.94. The molecule has 4 nitrogen and oxygen atoms in total. The zero-order valence-corrected chi connectivity index (χ0v) is 14.9. The summed E-state index contributed by atoms with van der Waals surface area (Å²) in [5.41, 5.74) is 4.14. The molecular weight excluding hydrogens is 310 g/mol. The van der Waals surface area contributed by atoms with Gasteiger partial charge in [0.15, 0.2) is 0 Å². The van der Waals surface area contributed by atoms with E-state index in [-0.39, 0.29) is 11.9 Å². The van der Waals surface area contributed by atoms with Crippen molar-refractivity contribution in [3.8, 4) is 0 Å². The van der Waals surface area contributed by atoms with Crippen molar-refractivity contribution < 1.29 is 4.79 Å². The lowest BCUT2D eigenvalue weighted by Gasteiger charge is -2.16. The van der Waals surface area contributed by atoms with Crippen LogP contribution in [0.1, 0.15) is 45.8 Å². The average Bonchev–Trinajstić information content (AvgIpc) is 3.00. The molecule has 0 unspecified atom stereocenters. The molecule has 0 aliphatic rings. The third-order valence-corrected chi connectivity index (χ3v) is 4.50. The second-order valence-electron chi connectivity index (χ2n) is 6.35. The second-order valence-corrected chi connectivity index (χ2v) is 6.35. The molecule has 0 bridgehead atoms. The minimum absolute atomic E-state index is 0.0259. The van der Waals surface area contributed by atoms with E-state index in [9.17, 15) is 4.79 Å². The van der Waals surface area contributed by atoms with Crippen molar-refractivity contribution in [2.24, 2.45) is 0 Å². The van der Waals surface area contributed by atoms with Gasteiger partial charge in [-0.1, -0.05) is 36.4 Å². The van der Waals surface area contributed by atoms with Crippen LogP contribution in [0.25, 0.3) is 0 Å². The predicted molar refractivity (Wildman–Crippen MR) is 99.6 cm³/mol. The zero-order chi connectivity index (χ0) is 17.8. The molecule has 128 valence electrons. The van der Waals surface area contributed by atoms with Crippen LogP contribution >= 0.6 is 0 Å². The summed E-state index contributed by atoms with van der Waals surface area (Å²) in [5, 5.41) is 3.07. The summed E-state index contributed by atoms with van der Waals surface area (Å²) in [5.74, 6) is 0.926. The van der Waals surface area contributed by atoms with E-state index in [0.29, 0.717) is 5.56 Å². The number of imidazole rings is 1. The molecule has 0 radical (unpaired) electrons. The topological polar surface area (TPSA) is 46.9 Å². The molecule has 1 heterocycles. The Morgan fingerprint density at radius 3 is 2.48 bits per heavy atom. The first kappa shape index (κ1) is 17.0. The van der Waals surface area contributed by atoms with Gasteiger partial charge in [0.1, 0.15) is 5.82 Å². The second kappa shape index (κ2) is 7.34. The monoisotopic (exact) mass is 333 g/mol. The van der Waals surface area contributed by atoms with Gasteiger partial charge in [0.2, 0.25) is 0 Å². The maximum absolute atomic E-state index is 12.5. The predicted octanol–water partition coefficient (Wildman–Crippen LogP) is 4.04. The summed E-state index contributed by atoms with van der Waals surface area (Å²) in [7, 11) is 0. The number of nitrogens with zero attached hydrogens (tertiary/aromatic N) is 2. The number of aryl methyl sites for hydroxylation is 2. The van der Waals surface area contributed by atoms with Crippen molar-refractivity contribution in [3.63, 3.8) is 0 Å². The van der Waals surface area contributed by atoms with Crippen LogP contribution in [-0.4, -0.2) is 15.5 Å². The first-order chi connectivity index (χ1) is 12.0. The van der Waals surface area contributed by atoms with Crippen molar-refractivity contribution >= 4 is 5.91 Å². The fourth-order valence-corrected chi connectivity index (χ4v) is 2.96. The summed E-state index contributed by atoms with van der Waals surface area (Å²) in [6.45, 7) is 6.81. The molecule has 4 heteroatoms. The van der Waals surface area contributed by atoms with Crippen LogP contribution in [0.3, 0.4) is 0 Å². The van der Waals surface area contributed by atoms with E-state index in [0.717, 1.165) is 23.5 Å². The lowest BCUT2D eigenvalue weighted by molar-refractivity contribution is 0.0940. The lowest BCUT2D eigenvalue weighted by atomic mass is 10.0. The maximum Gasteiger partial charge on any atom is 0.251 e. The molecule has 1 amide bonds. The van der Waals surface area contributed by atoms with Gasteiger partial charge in [-0.3, -0.25) is 4.79 Å². The number of carbonyl (C=O) groups is 1. The van der Waals surface area contributed by atoms with Gasteiger partial charge in [-0.2, -0.15) is 0 Å². The van der Waals surface area contributed by atoms with Crippen molar-refractivity contribution in [1.29, 1.82) is 0 Å². The molecule has 0 saturated heterocycles. The standard InChI is InChI=1S/C21H23N3O/c1-15-6-4-5-7-20(15)16(2)23-21(25)19-10-8-18(9-11-19)14-24-13-12-22-17(24)3/h4-13,16H,14H2,1-3H3,(H,23,25)/t16-/m1/s1. The summed E-state index contributed by atoms with van der Waals surface area (Å²) in [4.78, 5) is 16.7. The molecule has 0 fully saturated rings.